The van der Waals surface area contributed by atoms with Crippen molar-refractivity contribution in [2.45, 2.75) is 43.9 Å². The normalized spacial score (nSPS) is 27.1. The highest BCUT2D eigenvalue weighted by atomic mass is 32.2. The molecule has 2 unspecified atom stereocenters. The highest BCUT2D eigenvalue weighted by Gasteiger charge is 2.29. The van der Waals surface area contributed by atoms with Gasteiger partial charge in [-0.2, -0.15) is 11.8 Å². The van der Waals surface area contributed by atoms with Crippen LogP contribution in [0.15, 0.2) is 17.5 Å². The quantitative estimate of drug-likeness (QED) is 0.851. The molecule has 1 nitrogen and oxygen atoms in total. The molecule has 0 aromatic carbocycles. The molecule has 1 aromatic heterocycles. The minimum atomic E-state index is 0.477. The van der Waals surface area contributed by atoms with Gasteiger partial charge in [0.25, 0.3) is 0 Å². The van der Waals surface area contributed by atoms with E-state index in [1.807, 2.05) is 11.3 Å². The minimum Gasteiger partial charge on any atom is -0.308 e. The molecule has 0 bridgehead atoms. The van der Waals surface area contributed by atoms with Gasteiger partial charge in [-0.3, -0.25) is 0 Å². The Bertz CT molecular complexity index is 302. The van der Waals surface area contributed by atoms with Crippen molar-refractivity contribution in [1.82, 2.24) is 5.32 Å². The molecule has 2 heterocycles. The van der Waals surface area contributed by atoms with Crippen LogP contribution in [-0.4, -0.2) is 17.0 Å². The van der Waals surface area contributed by atoms with Crippen LogP contribution in [0.25, 0.3) is 0 Å². The van der Waals surface area contributed by atoms with E-state index in [2.05, 4.69) is 48.4 Å². The summed E-state index contributed by atoms with van der Waals surface area (Å²) in [7, 11) is 0. The summed E-state index contributed by atoms with van der Waals surface area (Å²) in [5, 5.41) is 5.92. The van der Waals surface area contributed by atoms with Crippen molar-refractivity contribution >= 4 is 23.1 Å². The van der Waals surface area contributed by atoms with E-state index >= 15 is 0 Å². The molecule has 0 spiro atoms. The van der Waals surface area contributed by atoms with Crippen molar-refractivity contribution < 1.29 is 0 Å². The molecule has 0 aliphatic carbocycles. The Morgan fingerprint density at radius 3 is 3.00 bits per heavy atom. The summed E-state index contributed by atoms with van der Waals surface area (Å²) < 4.78 is 0.477. The molecule has 90 valence electrons. The first-order chi connectivity index (χ1) is 7.73. The van der Waals surface area contributed by atoms with Crippen LogP contribution in [0.4, 0.5) is 0 Å². The van der Waals surface area contributed by atoms with Gasteiger partial charge in [0.1, 0.15) is 0 Å². The van der Waals surface area contributed by atoms with Gasteiger partial charge < -0.3 is 5.32 Å². The van der Waals surface area contributed by atoms with Gasteiger partial charge in [0.05, 0.1) is 0 Å². The smallest absolute Gasteiger partial charge is 0.0412 e. The third-order valence-corrected chi connectivity index (χ3v) is 5.84. The lowest BCUT2D eigenvalue weighted by molar-refractivity contribution is 0.466. The fourth-order valence-corrected chi connectivity index (χ4v) is 4.39. The van der Waals surface area contributed by atoms with Crippen molar-refractivity contribution in [3.05, 3.63) is 22.4 Å². The van der Waals surface area contributed by atoms with Crippen molar-refractivity contribution in [2.75, 3.05) is 12.3 Å². The van der Waals surface area contributed by atoms with Gasteiger partial charge in [0.15, 0.2) is 0 Å². The Kier molecular flexibility index (Phi) is 4.34. The van der Waals surface area contributed by atoms with Gasteiger partial charge in [0.2, 0.25) is 0 Å². The molecular weight excluding hydrogens is 234 g/mol. The molecule has 1 aliphatic heterocycles. The van der Waals surface area contributed by atoms with E-state index in [4.69, 9.17) is 0 Å². The van der Waals surface area contributed by atoms with Crippen LogP contribution in [0.2, 0.25) is 0 Å². The van der Waals surface area contributed by atoms with E-state index in [-0.39, 0.29) is 0 Å². The Hall–Kier alpha value is 0.01000. The molecule has 2 rings (SSSR count). The summed E-state index contributed by atoms with van der Waals surface area (Å²) in [5.74, 6) is 1.34. The molecular formula is C13H21NS2. The number of hydrogen-bond donors (Lipinski definition) is 1. The summed E-state index contributed by atoms with van der Waals surface area (Å²) in [4.78, 5) is 1.48. The average molecular weight is 255 g/mol. The van der Waals surface area contributed by atoms with Gasteiger partial charge in [-0.25, -0.2) is 0 Å². The van der Waals surface area contributed by atoms with E-state index in [0.29, 0.717) is 10.8 Å². The molecule has 1 fully saturated rings. The largest absolute Gasteiger partial charge is 0.308 e. The summed E-state index contributed by atoms with van der Waals surface area (Å²) >= 11 is 4.00. The van der Waals surface area contributed by atoms with E-state index in [9.17, 15) is 0 Å². The fourth-order valence-electron chi connectivity index (χ4n) is 2.25. The SMILES string of the molecule is CCC(NCC1(C)CCCS1)c1cccs1. The predicted molar refractivity (Wildman–Crippen MR) is 75.5 cm³/mol. The molecule has 2 atom stereocenters. The molecule has 3 heteroatoms. The number of thiophene rings is 1. The predicted octanol–water partition coefficient (Wildman–Crippen LogP) is 4.07. The van der Waals surface area contributed by atoms with Gasteiger partial charge >= 0.3 is 0 Å². The number of nitrogens with one attached hydrogen (secondary N) is 1. The molecule has 1 N–H and O–H groups in total. The van der Waals surface area contributed by atoms with Gasteiger partial charge in [-0.15, -0.1) is 11.3 Å². The molecule has 0 amide bonds. The zero-order chi connectivity index (χ0) is 11.4. The summed E-state index contributed by atoms with van der Waals surface area (Å²) in [6, 6.07) is 4.95. The average Bonchev–Trinajstić information content (AvgIpc) is 2.91. The van der Waals surface area contributed by atoms with E-state index in [1.54, 1.807) is 0 Å². The maximum absolute atomic E-state index is 3.74. The van der Waals surface area contributed by atoms with Gasteiger partial charge in [-0.1, -0.05) is 13.0 Å². The Morgan fingerprint density at radius 1 is 1.56 bits per heavy atom. The third kappa shape index (κ3) is 3.02. The first kappa shape index (κ1) is 12.5. The Balaban J connectivity index is 1.88. The molecule has 1 saturated heterocycles. The number of rotatable bonds is 5. The second-order valence-corrected chi connectivity index (χ2v) is 7.42. The first-order valence-corrected chi connectivity index (χ1v) is 8.01. The molecule has 0 radical (unpaired) electrons. The molecule has 1 aromatic rings. The van der Waals surface area contributed by atoms with Crippen LogP contribution in [-0.2, 0) is 0 Å². The van der Waals surface area contributed by atoms with Crippen molar-refractivity contribution in [3.63, 3.8) is 0 Å². The van der Waals surface area contributed by atoms with Crippen molar-refractivity contribution in [2.24, 2.45) is 0 Å². The van der Waals surface area contributed by atoms with Crippen LogP contribution in [0.1, 0.15) is 44.0 Å². The lowest BCUT2D eigenvalue weighted by Crippen LogP contribution is -2.34. The molecule has 16 heavy (non-hydrogen) atoms. The van der Waals surface area contributed by atoms with Crippen molar-refractivity contribution in [1.29, 1.82) is 0 Å². The Morgan fingerprint density at radius 2 is 2.44 bits per heavy atom. The van der Waals surface area contributed by atoms with Crippen molar-refractivity contribution in [3.8, 4) is 0 Å². The van der Waals surface area contributed by atoms with Crippen LogP contribution < -0.4 is 5.32 Å². The fraction of sp³-hybridized carbons (Fsp3) is 0.692. The van der Waals surface area contributed by atoms with Crippen LogP contribution >= 0.6 is 23.1 Å². The van der Waals surface area contributed by atoms with E-state index in [1.165, 1.54) is 29.9 Å². The van der Waals surface area contributed by atoms with Gasteiger partial charge in [0, 0.05) is 22.2 Å². The second kappa shape index (κ2) is 5.56. The number of hydrogen-bond acceptors (Lipinski definition) is 3. The maximum Gasteiger partial charge on any atom is 0.0412 e. The van der Waals surface area contributed by atoms with Crippen LogP contribution in [0.5, 0.6) is 0 Å². The summed E-state index contributed by atoms with van der Waals surface area (Å²) in [5.41, 5.74) is 0. The number of thioether (sulfide) groups is 1. The van der Waals surface area contributed by atoms with Crippen LogP contribution in [0, 0.1) is 0 Å². The standard InChI is InChI=1S/C13H21NS2/c1-3-11(12-6-4-8-15-12)14-10-13(2)7-5-9-16-13/h4,6,8,11,14H,3,5,7,9-10H2,1-2H3. The zero-order valence-corrected chi connectivity index (χ0v) is 11.8. The molecule has 1 aliphatic rings. The topological polar surface area (TPSA) is 12.0 Å². The monoisotopic (exact) mass is 255 g/mol. The van der Waals surface area contributed by atoms with E-state index in [0.717, 1.165) is 6.54 Å². The third-order valence-electron chi connectivity index (χ3n) is 3.32. The lowest BCUT2D eigenvalue weighted by Gasteiger charge is -2.26. The lowest BCUT2D eigenvalue weighted by atomic mass is 10.0. The second-order valence-electron chi connectivity index (χ2n) is 4.76. The zero-order valence-electron chi connectivity index (χ0n) is 10.2. The highest BCUT2D eigenvalue weighted by Crippen LogP contribution is 2.37. The summed E-state index contributed by atoms with van der Waals surface area (Å²) in [6.45, 7) is 5.81. The summed E-state index contributed by atoms with van der Waals surface area (Å²) in [6.07, 6.45) is 3.94. The van der Waals surface area contributed by atoms with Crippen LogP contribution in [0.3, 0.4) is 0 Å². The Labute approximate surface area is 107 Å². The maximum atomic E-state index is 3.74. The first-order valence-electron chi connectivity index (χ1n) is 6.14. The minimum absolute atomic E-state index is 0.477. The highest BCUT2D eigenvalue weighted by molar-refractivity contribution is 8.00. The van der Waals surface area contributed by atoms with Gasteiger partial charge in [-0.05, 0) is 43.4 Å². The molecule has 0 saturated carbocycles. The van der Waals surface area contributed by atoms with E-state index < -0.39 is 0 Å².